The van der Waals surface area contributed by atoms with E-state index in [4.69, 9.17) is 0 Å². The van der Waals surface area contributed by atoms with Crippen molar-refractivity contribution in [3.05, 3.63) is 23.8 Å². The second-order valence-electron chi connectivity index (χ2n) is 6.96. The van der Waals surface area contributed by atoms with Crippen LogP contribution in [0.3, 0.4) is 0 Å². The standard InChI is InChI=1S/C18H25N5O/c1-3-22-10-4-6-16(22)17-7-5-11-23(17)18(24)13-8-9-15-14(12-13)19-20-21(15)2/h8-9,12,16-17H,3-7,10-11H2,1-2H3/t16-,17-/m0/s1. The Balaban J connectivity index is 1.59. The van der Waals surface area contributed by atoms with Crippen molar-refractivity contribution in [1.29, 1.82) is 0 Å². The molecule has 3 heterocycles. The van der Waals surface area contributed by atoms with E-state index in [1.165, 1.54) is 19.4 Å². The molecule has 0 spiro atoms. The summed E-state index contributed by atoms with van der Waals surface area (Å²) in [6.07, 6.45) is 4.70. The maximum absolute atomic E-state index is 13.1. The number of hydrogen-bond donors (Lipinski definition) is 0. The number of nitrogens with zero attached hydrogens (tertiary/aromatic N) is 5. The SMILES string of the molecule is CCN1CCC[C@H]1[C@@H]1CCCN1C(=O)c1ccc2c(c1)nnn2C. The van der Waals surface area contributed by atoms with Gasteiger partial charge in [-0.2, -0.15) is 0 Å². The van der Waals surface area contributed by atoms with Crippen LogP contribution in [0.15, 0.2) is 18.2 Å². The molecule has 2 aliphatic rings. The highest BCUT2D eigenvalue weighted by Gasteiger charge is 2.39. The quantitative estimate of drug-likeness (QED) is 0.866. The number of hydrogen-bond acceptors (Lipinski definition) is 4. The van der Waals surface area contributed by atoms with E-state index >= 15 is 0 Å². The van der Waals surface area contributed by atoms with Gasteiger partial charge in [0.05, 0.1) is 5.52 Å². The van der Waals surface area contributed by atoms with Gasteiger partial charge < -0.3 is 4.90 Å². The number of amides is 1. The fourth-order valence-electron chi connectivity index (χ4n) is 4.46. The minimum atomic E-state index is 0.146. The molecule has 2 saturated heterocycles. The van der Waals surface area contributed by atoms with Crippen LogP contribution in [-0.2, 0) is 7.05 Å². The summed E-state index contributed by atoms with van der Waals surface area (Å²) < 4.78 is 1.74. The average molecular weight is 327 g/mol. The number of fused-ring (bicyclic) bond motifs is 1. The highest BCUT2D eigenvalue weighted by atomic mass is 16.2. The van der Waals surface area contributed by atoms with Gasteiger partial charge >= 0.3 is 0 Å². The molecule has 6 heteroatoms. The van der Waals surface area contributed by atoms with Crippen LogP contribution < -0.4 is 0 Å². The molecule has 1 amide bonds. The number of likely N-dealkylation sites (tertiary alicyclic amines) is 2. The van der Waals surface area contributed by atoms with Crippen molar-refractivity contribution >= 4 is 16.9 Å². The summed E-state index contributed by atoms with van der Waals surface area (Å²) in [4.78, 5) is 17.8. The van der Waals surface area contributed by atoms with E-state index in [0.29, 0.717) is 12.1 Å². The molecule has 2 fully saturated rings. The predicted molar refractivity (Wildman–Crippen MR) is 92.8 cm³/mol. The van der Waals surface area contributed by atoms with Gasteiger partial charge in [-0.25, -0.2) is 4.68 Å². The Labute approximate surface area is 142 Å². The third-order valence-electron chi connectivity index (χ3n) is 5.68. The van der Waals surface area contributed by atoms with Crippen molar-refractivity contribution < 1.29 is 4.79 Å². The first-order valence-electron chi connectivity index (χ1n) is 9.03. The van der Waals surface area contributed by atoms with E-state index in [0.717, 1.165) is 42.5 Å². The smallest absolute Gasteiger partial charge is 0.254 e. The first-order chi connectivity index (χ1) is 11.7. The van der Waals surface area contributed by atoms with Gasteiger partial charge in [-0.05, 0) is 57.0 Å². The molecule has 2 atom stereocenters. The Bertz CT molecular complexity index is 755. The van der Waals surface area contributed by atoms with Gasteiger partial charge in [0.15, 0.2) is 0 Å². The molecule has 6 nitrogen and oxygen atoms in total. The molecular formula is C18H25N5O. The van der Waals surface area contributed by atoms with Crippen LogP contribution >= 0.6 is 0 Å². The summed E-state index contributed by atoms with van der Waals surface area (Å²) in [5, 5.41) is 8.17. The number of rotatable bonds is 3. The van der Waals surface area contributed by atoms with Gasteiger partial charge in [0.1, 0.15) is 5.52 Å². The highest BCUT2D eigenvalue weighted by molar-refractivity contribution is 5.97. The molecule has 1 aromatic carbocycles. The van der Waals surface area contributed by atoms with Crippen molar-refractivity contribution in [2.75, 3.05) is 19.6 Å². The maximum atomic E-state index is 13.1. The molecule has 2 aliphatic heterocycles. The topological polar surface area (TPSA) is 54.3 Å². The second-order valence-corrected chi connectivity index (χ2v) is 6.96. The van der Waals surface area contributed by atoms with Crippen molar-refractivity contribution in [3.63, 3.8) is 0 Å². The third-order valence-corrected chi connectivity index (χ3v) is 5.68. The normalized spacial score (nSPS) is 25.0. The minimum Gasteiger partial charge on any atom is -0.334 e. The largest absolute Gasteiger partial charge is 0.334 e. The van der Waals surface area contributed by atoms with Gasteiger partial charge in [0.25, 0.3) is 5.91 Å². The lowest BCUT2D eigenvalue weighted by molar-refractivity contribution is 0.0650. The molecule has 2 aromatic rings. The molecule has 24 heavy (non-hydrogen) atoms. The van der Waals surface area contributed by atoms with Crippen molar-refractivity contribution in [1.82, 2.24) is 24.8 Å². The third kappa shape index (κ3) is 2.49. The highest BCUT2D eigenvalue weighted by Crippen LogP contribution is 2.31. The Hall–Kier alpha value is -1.95. The summed E-state index contributed by atoms with van der Waals surface area (Å²) in [5.41, 5.74) is 2.48. The first-order valence-corrected chi connectivity index (χ1v) is 9.03. The molecule has 4 rings (SSSR count). The molecule has 0 unspecified atom stereocenters. The van der Waals surface area contributed by atoms with Crippen LogP contribution in [0.25, 0.3) is 11.0 Å². The van der Waals surface area contributed by atoms with Gasteiger partial charge in [-0.1, -0.05) is 12.1 Å². The Morgan fingerprint density at radius 1 is 1.21 bits per heavy atom. The lowest BCUT2D eigenvalue weighted by Gasteiger charge is -2.34. The number of aryl methyl sites for hydroxylation is 1. The number of carbonyl (C=O) groups is 1. The fourth-order valence-corrected chi connectivity index (χ4v) is 4.46. The monoisotopic (exact) mass is 327 g/mol. The summed E-state index contributed by atoms with van der Waals surface area (Å²) in [6.45, 7) is 5.34. The predicted octanol–water partition coefficient (Wildman–Crippen LogP) is 2.06. The summed E-state index contributed by atoms with van der Waals surface area (Å²) in [7, 11) is 1.87. The molecular weight excluding hydrogens is 302 g/mol. The van der Waals surface area contributed by atoms with Crippen LogP contribution in [0.5, 0.6) is 0 Å². The molecule has 0 bridgehead atoms. The number of benzene rings is 1. The zero-order chi connectivity index (χ0) is 16.7. The van der Waals surface area contributed by atoms with Crippen LogP contribution in [0.2, 0.25) is 0 Å². The van der Waals surface area contributed by atoms with E-state index < -0.39 is 0 Å². The summed E-state index contributed by atoms with van der Waals surface area (Å²) in [5.74, 6) is 0.146. The second kappa shape index (κ2) is 6.16. The zero-order valence-electron chi connectivity index (χ0n) is 14.5. The van der Waals surface area contributed by atoms with Crippen LogP contribution in [0.4, 0.5) is 0 Å². The number of carbonyl (C=O) groups excluding carboxylic acids is 1. The fraction of sp³-hybridized carbons (Fsp3) is 0.611. The molecule has 1 aromatic heterocycles. The summed E-state index contributed by atoms with van der Waals surface area (Å²) in [6, 6.07) is 6.63. The van der Waals surface area contributed by atoms with Gasteiger partial charge in [0, 0.05) is 31.2 Å². The van der Waals surface area contributed by atoms with E-state index in [2.05, 4.69) is 27.0 Å². The lowest BCUT2D eigenvalue weighted by atomic mass is 10.0. The Morgan fingerprint density at radius 2 is 2.00 bits per heavy atom. The molecule has 0 radical (unpaired) electrons. The van der Waals surface area contributed by atoms with Crippen molar-refractivity contribution in [2.45, 2.75) is 44.7 Å². The molecule has 0 aliphatic carbocycles. The molecule has 0 saturated carbocycles. The molecule has 128 valence electrons. The molecule has 0 N–H and O–H groups in total. The Kier molecular flexibility index (Phi) is 4.00. The Morgan fingerprint density at radius 3 is 2.83 bits per heavy atom. The number of aromatic nitrogens is 3. The lowest BCUT2D eigenvalue weighted by Crippen LogP contribution is -2.48. The maximum Gasteiger partial charge on any atom is 0.254 e. The first kappa shape index (κ1) is 15.6. The number of likely N-dealkylation sites (N-methyl/N-ethyl adjacent to an activating group) is 1. The van der Waals surface area contributed by atoms with Crippen LogP contribution in [0, 0.1) is 0 Å². The zero-order valence-corrected chi connectivity index (χ0v) is 14.5. The van der Waals surface area contributed by atoms with E-state index in [-0.39, 0.29) is 5.91 Å². The van der Waals surface area contributed by atoms with Crippen LogP contribution in [-0.4, -0.2) is 62.4 Å². The van der Waals surface area contributed by atoms with Crippen molar-refractivity contribution in [3.8, 4) is 0 Å². The van der Waals surface area contributed by atoms with Crippen LogP contribution in [0.1, 0.15) is 43.0 Å². The van der Waals surface area contributed by atoms with E-state index in [9.17, 15) is 4.79 Å². The van der Waals surface area contributed by atoms with Crippen molar-refractivity contribution in [2.24, 2.45) is 7.05 Å². The van der Waals surface area contributed by atoms with E-state index in [1.54, 1.807) is 4.68 Å². The average Bonchev–Trinajstić information content (AvgIpc) is 3.32. The van der Waals surface area contributed by atoms with Gasteiger partial charge in [-0.3, -0.25) is 9.69 Å². The van der Waals surface area contributed by atoms with Gasteiger partial charge in [0.2, 0.25) is 0 Å². The minimum absolute atomic E-state index is 0.146. The van der Waals surface area contributed by atoms with Gasteiger partial charge in [-0.15, -0.1) is 5.10 Å². The summed E-state index contributed by atoms with van der Waals surface area (Å²) >= 11 is 0. The van der Waals surface area contributed by atoms with E-state index in [1.807, 2.05) is 25.2 Å².